The number of nitrogens with zero attached hydrogens (tertiary/aromatic N) is 2. The first-order chi connectivity index (χ1) is 12.1. The van der Waals surface area contributed by atoms with Crippen LogP contribution in [0, 0.1) is 0 Å². The fraction of sp³-hybridized carbons (Fsp3) is 0.250. The zero-order chi connectivity index (χ0) is 17.6. The van der Waals surface area contributed by atoms with Crippen LogP contribution < -0.4 is 11.5 Å². The summed E-state index contributed by atoms with van der Waals surface area (Å²) in [6.07, 6.45) is 3.85. The smallest absolute Gasteiger partial charge is 0.0801 e. The van der Waals surface area contributed by atoms with Crippen LogP contribution in [0.25, 0.3) is 17.0 Å². The summed E-state index contributed by atoms with van der Waals surface area (Å²) >= 11 is 6.25. The molecule has 5 heteroatoms. The number of aromatic nitrogens is 1. The van der Waals surface area contributed by atoms with Crippen LogP contribution in [0.1, 0.15) is 35.2 Å². The summed E-state index contributed by atoms with van der Waals surface area (Å²) in [7, 11) is 2.16. The minimum Gasteiger partial charge on any atom is -0.397 e. The fourth-order valence-electron chi connectivity index (χ4n) is 3.69. The molecule has 0 atom stereocenters. The molecule has 0 amide bonds. The van der Waals surface area contributed by atoms with Crippen LogP contribution in [0.3, 0.4) is 0 Å². The van der Waals surface area contributed by atoms with Crippen LogP contribution >= 0.6 is 11.6 Å². The maximum Gasteiger partial charge on any atom is 0.0801 e. The lowest BCUT2D eigenvalue weighted by molar-refractivity contribution is 0.313. The van der Waals surface area contributed by atoms with Gasteiger partial charge in [-0.05, 0) is 49.7 Å². The average molecular weight is 353 g/mol. The predicted molar refractivity (Wildman–Crippen MR) is 104 cm³/mol. The van der Waals surface area contributed by atoms with Gasteiger partial charge in [0.25, 0.3) is 0 Å². The molecule has 0 radical (unpaired) electrons. The molecule has 4 rings (SSSR count). The average Bonchev–Trinajstić information content (AvgIpc) is 2.71. The van der Waals surface area contributed by atoms with Gasteiger partial charge in [0.15, 0.2) is 0 Å². The standard InChI is InChI=1S/C20H21ClN4/c1-25-9-6-12(7-10-25)17-14-5-4-13(21)11-16(14)19(23)18(22)15-3-2-8-24-20(15)17/h2-5,8,11H,6-7,9-10,22-23H2,1H3. The molecule has 0 spiro atoms. The Morgan fingerprint density at radius 1 is 1.00 bits per heavy atom. The number of hydrogen-bond donors (Lipinski definition) is 2. The van der Waals surface area contributed by atoms with Crippen molar-refractivity contribution in [3.8, 4) is 0 Å². The second kappa shape index (κ2) is 6.21. The van der Waals surface area contributed by atoms with Gasteiger partial charge < -0.3 is 16.4 Å². The maximum absolute atomic E-state index is 6.42. The zero-order valence-corrected chi connectivity index (χ0v) is 15.0. The molecule has 128 valence electrons. The molecule has 4 nitrogen and oxygen atoms in total. The molecule has 2 aromatic rings. The summed E-state index contributed by atoms with van der Waals surface area (Å²) in [6.45, 7) is 2.09. The van der Waals surface area contributed by atoms with Crippen LogP contribution in [0.4, 0.5) is 0 Å². The molecule has 0 bridgehead atoms. The number of pyridine rings is 1. The van der Waals surface area contributed by atoms with E-state index in [4.69, 9.17) is 23.1 Å². The lowest BCUT2D eigenvalue weighted by Crippen LogP contribution is -2.27. The number of likely N-dealkylation sites (tertiary alicyclic amines) is 1. The Balaban J connectivity index is 2.05. The summed E-state index contributed by atoms with van der Waals surface area (Å²) in [5, 5.41) is 0.654. The quantitative estimate of drug-likeness (QED) is 0.763. The van der Waals surface area contributed by atoms with E-state index in [1.54, 1.807) is 0 Å². The molecule has 1 aliphatic heterocycles. The van der Waals surface area contributed by atoms with Crippen molar-refractivity contribution in [2.75, 3.05) is 20.1 Å². The van der Waals surface area contributed by atoms with Gasteiger partial charge in [-0.15, -0.1) is 0 Å². The van der Waals surface area contributed by atoms with E-state index in [1.165, 1.54) is 11.1 Å². The second-order valence-electron chi connectivity index (χ2n) is 6.70. The van der Waals surface area contributed by atoms with Crippen LogP contribution in [-0.2, 0) is 0 Å². The molecule has 0 unspecified atom stereocenters. The number of rotatable bonds is 0. The van der Waals surface area contributed by atoms with Gasteiger partial charge in [-0.25, -0.2) is 0 Å². The van der Waals surface area contributed by atoms with Crippen molar-refractivity contribution in [3.63, 3.8) is 0 Å². The van der Waals surface area contributed by atoms with Gasteiger partial charge >= 0.3 is 0 Å². The van der Waals surface area contributed by atoms with E-state index < -0.39 is 0 Å². The molecule has 25 heavy (non-hydrogen) atoms. The normalized spacial score (nSPS) is 18.0. The van der Waals surface area contributed by atoms with Gasteiger partial charge in [-0.1, -0.05) is 23.2 Å². The molecular formula is C20H21ClN4. The Morgan fingerprint density at radius 2 is 1.72 bits per heavy atom. The minimum absolute atomic E-state index is 0.565. The van der Waals surface area contributed by atoms with Crippen molar-refractivity contribution in [2.45, 2.75) is 12.8 Å². The highest BCUT2D eigenvalue weighted by Gasteiger charge is 2.27. The van der Waals surface area contributed by atoms with E-state index in [1.807, 2.05) is 36.5 Å². The van der Waals surface area contributed by atoms with E-state index in [0.29, 0.717) is 16.4 Å². The third kappa shape index (κ3) is 2.71. The molecule has 1 aromatic heterocycles. The van der Waals surface area contributed by atoms with Crippen LogP contribution in [0.5, 0.6) is 0 Å². The minimum atomic E-state index is 0.565. The van der Waals surface area contributed by atoms with Gasteiger partial charge in [-0.2, -0.15) is 0 Å². The summed E-state index contributed by atoms with van der Waals surface area (Å²) < 4.78 is 0. The van der Waals surface area contributed by atoms with Gasteiger partial charge in [0.05, 0.1) is 17.1 Å². The molecule has 2 heterocycles. The lowest BCUT2D eigenvalue weighted by atomic mass is 9.88. The van der Waals surface area contributed by atoms with Crippen LogP contribution in [-0.4, -0.2) is 30.0 Å². The molecule has 4 N–H and O–H groups in total. The third-order valence-electron chi connectivity index (χ3n) is 5.11. The lowest BCUT2D eigenvalue weighted by Gasteiger charge is -2.27. The van der Waals surface area contributed by atoms with E-state index in [0.717, 1.165) is 48.3 Å². The highest BCUT2D eigenvalue weighted by Crippen LogP contribution is 2.41. The molecule has 0 saturated carbocycles. The van der Waals surface area contributed by atoms with Crippen LogP contribution in [0.2, 0.25) is 5.02 Å². The highest BCUT2D eigenvalue weighted by atomic mass is 35.5. The second-order valence-corrected chi connectivity index (χ2v) is 7.14. The van der Waals surface area contributed by atoms with E-state index >= 15 is 0 Å². The Hall–Kier alpha value is -2.30. The number of benzene rings is 1. The fourth-order valence-corrected chi connectivity index (χ4v) is 3.87. The topological polar surface area (TPSA) is 68.2 Å². The van der Waals surface area contributed by atoms with Gasteiger partial charge in [0, 0.05) is 41.0 Å². The van der Waals surface area contributed by atoms with Gasteiger partial charge in [0.2, 0.25) is 0 Å². The summed E-state index contributed by atoms with van der Waals surface area (Å²) in [5.74, 6) is 0. The first kappa shape index (κ1) is 16.2. The van der Waals surface area contributed by atoms with Gasteiger partial charge in [-0.3, -0.25) is 4.98 Å². The predicted octanol–water partition coefficient (Wildman–Crippen LogP) is 3.32. The molecule has 2 aliphatic rings. The molecule has 1 saturated heterocycles. The number of fused-ring (bicyclic) bond motifs is 2. The van der Waals surface area contributed by atoms with Crippen molar-refractivity contribution in [1.82, 2.24) is 9.88 Å². The number of piperidine rings is 1. The van der Waals surface area contributed by atoms with Crippen LogP contribution in [0.15, 0.2) is 42.1 Å². The zero-order valence-electron chi connectivity index (χ0n) is 14.2. The Kier molecular flexibility index (Phi) is 4.02. The monoisotopic (exact) mass is 352 g/mol. The first-order valence-corrected chi connectivity index (χ1v) is 8.86. The van der Waals surface area contributed by atoms with Gasteiger partial charge in [0.1, 0.15) is 0 Å². The first-order valence-electron chi connectivity index (χ1n) is 8.48. The number of nitrogens with two attached hydrogens (primary N) is 2. The van der Waals surface area contributed by atoms with Crippen molar-refractivity contribution < 1.29 is 0 Å². The Morgan fingerprint density at radius 3 is 2.48 bits per heavy atom. The van der Waals surface area contributed by atoms with Crippen molar-refractivity contribution in [3.05, 3.63) is 69.5 Å². The highest BCUT2D eigenvalue weighted by molar-refractivity contribution is 6.31. The SMILES string of the molecule is CN1CCC(=C2c3ccc(Cl)cc3C(N)=C(N)c3cccnc32)CC1. The third-order valence-corrected chi connectivity index (χ3v) is 5.35. The van der Waals surface area contributed by atoms with Crippen molar-refractivity contribution >= 4 is 28.6 Å². The summed E-state index contributed by atoms with van der Waals surface area (Å²) in [5.41, 5.74) is 20.3. The maximum atomic E-state index is 6.42. The van der Waals surface area contributed by atoms with E-state index in [-0.39, 0.29) is 0 Å². The Bertz CT molecular complexity index is 904. The largest absolute Gasteiger partial charge is 0.397 e. The van der Waals surface area contributed by atoms with Crippen molar-refractivity contribution in [1.29, 1.82) is 0 Å². The molecule has 1 fully saturated rings. The molecule has 1 aliphatic carbocycles. The molecule has 1 aromatic carbocycles. The van der Waals surface area contributed by atoms with E-state index in [2.05, 4.69) is 16.9 Å². The molecular weight excluding hydrogens is 332 g/mol. The number of halogens is 1. The van der Waals surface area contributed by atoms with E-state index in [9.17, 15) is 0 Å². The number of hydrogen-bond acceptors (Lipinski definition) is 4. The Labute approximate surface area is 152 Å². The summed E-state index contributed by atoms with van der Waals surface area (Å²) in [6, 6.07) is 9.75. The van der Waals surface area contributed by atoms with Crippen molar-refractivity contribution in [2.24, 2.45) is 11.5 Å². The summed E-state index contributed by atoms with van der Waals surface area (Å²) in [4.78, 5) is 7.04.